The summed E-state index contributed by atoms with van der Waals surface area (Å²) in [6.45, 7) is 1.99. The summed E-state index contributed by atoms with van der Waals surface area (Å²) in [5.41, 5.74) is 1.22. The summed E-state index contributed by atoms with van der Waals surface area (Å²) in [6, 6.07) is 6.89. The van der Waals surface area contributed by atoms with Gasteiger partial charge >= 0.3 is 5.97 Å². The molecule has 0 aliphatic rings. The Labute approximate surface area is 120 Å². The largest absolute Gasteiger partial charge is 0.466 e. The summed E-state index contributed by atoms with van der Waals surface area (Å²) < 4.78 is 4.87. The van der Waals surface area contributed by atoms with E-state index in [1.165, 1.54) is 0 Å². The first kappa shape index (κ1) is 15.4. The number of hydrogen-bond donors (Lipinski definition) is 0. The van der Waals surface area contributed by atoms with Gasteiger partial charge in [-0.15, -0.1) is 0 Å². The predicted octanol–water partition coefficient (Wildman–Crippen LogP) is 2.63. The number of alkyl halides is 1. The van der Waals surface area contributed by atoms with E-state index in [9.17, 15) is 9.59 Å². The molecular formula is C14H14BrNO3. The fraction of sp³-hybridized carbons (Fsp3) is 0.357. The monoisotopic (exact) mass is 323 g/mol. The topological polar surface area (TPSA) is 67.2 Å². The van der Waals surface area contributed by atoms with Crippen LogP contribution in [-0.4, -0.2) is 23.7 Å². The fourth-order valence-corrected chi connectivity index (χ4v) is 2.08. The van der Waals surface area contributed by atoms with Crippen LogP contribution in [-0.2, 0) is 16.0 Å². The van der Waals surface area contributed by atoms with Gasteiger partial charge in [-0.1, -0.05) is 28.1 Å². The number of carbonyl (C=O) groups is 2. The van der Waals surface area contributed by atoms with Gasteiger partial charge in [0.25, 0.3) is 0 Å². The third-order valence-corrected chi connectivity index (χ3v) is 2.94. The molecule has 0 atom stereocenters. The number of rotatable bonds is 6. The first-order valence-corrected chi connectivity index (χ1v) is 7.03. The van der Waals surface area contributed by atoms with Crippen LogP contribution in [0.15, 0.2) is 18.2 Å². The van der Waals surface area contributed by atoms with Crippen LogP contribution >= 0.6 is 15.9 Å². The molecule has 0 amide bonds. The molecule has 0 aromatic heterocycles. The summed E-state index contributed by atoms with van der Waals surface area (Å²) in [6.07, 6.45) is 0.269. The fourth-order valence-electron chi connectivity index (χ4n) is 1.72. The number of esters is 1. The molecule has 0 saturated carbocycles. The van der Waals surface area contributed by atoms with E-state index >= 15 is 0 Å². The van der Waals surface area contributed by atoms with Gasteiger partial charge in [0, 0.05) is 17.3 Å². The Kier molecular flexibility index (Phi) is 6.23. The normalized spacial score (nSPS) is 9.74. The molecule has 5 heteroatoms. The lowest BCUT2D eigenvalue weighted by atomic mass is 9.95. The van der Waals surface area contributed by atoms with Gasteiger partial charge in [0.1, 0.15) is 0 Å². The average molecular weight is 324 g/mol. The molecule has 0 radical (unpaired) electrons. The van der Waals surface area contributed by atoms with Crippen LogP contribution in [0.2, 0.25) is 0 Å². The SMILES string of the molecule is CCOC(=O)Cc1c(C#N)cccc1C(=O)CCBr. The van der Waals surface area contributed by atoms with E-state index in [-0.39, 0.29) is 18.8 Å². The summed E-state index contributed by atoms with van der Waals surface area (Å²) in [5.74, 6) is -0.522. The van der Waals surface area contributed by atoms with E-state index < -0.39 is 5.97 Å². The minimum Gasteiger partial charge on any atom is -0.466 e. The van der Waals surface area contributed by atoms with Gasteiger partial charge in [0.05, 0.1) is 24.7 Å². The number of hydrogen-bond acceptors (Lipinski definition) is 4. The van der Waals surface area contributed by atoms with Crippen molar-refractivity contribution in [1.82, 2.24) is 0 Å². The van der Waals surface area contributed by atoms with Gasteiger partial charge in [-0.25, -0.2) is 0 Å². The van der Waals surface area contributed by atoms with E-state index in [0.717, 1.165) is 0 Å². The number of carbonyl (C=O) groups excluding carboxylic acids is 2. The van der Waals surface area contributed by atoms with E-state index in [1.807, 2.05) is 6.07 Å². The molecule has 19 heavy (non-hydrogen) atoms. The van der Waals surface area contributed by atoms with Gasteiger partial charge in [-0.3, -0.25) is 9.59 Å². The Bertz CT molecular complexity index is 520. The quantitative estimate of drug-likeness (QED) is 0.458. The number of nitriles is 1. The van der Waals surface area contributed by atoms with Crippen molar-refractivity contribution in [1.29, 1.82) is 5.26 Å². The van der Waals surface area contributed by atoms with E-state index in [4.69, 9.17) is 10.00 Å². The molecule has 1 aromatic carbocycles. The first-order valence-electron chi connectivity index (χ1n) is 5.90. The first-order chi connectivity index (χ1) is 9.13. The Morgan fingerprint density at radius 1 is 1.42 bits per heavy atom. The molecular weight excluding hydrogens is 310 g/mol. The number of ketones is 1. The Balaban J connectivity index is 3.14. The Morgan fingerprint density at radius 2 is 2.16 bits per heavy atom. The van der Waals surface area contributed by atoms with Gasteiger partial charge in [0.15, 0.2) is 5.78 Å². The molecule has 1 rings (SSSR count). The lowest BCUT2D eigenvalue weighted by Gasteiger charge is -2.09. The minimum absolute atomic E-state index is 0.0546. The molecule has 0 heterocycles. The summed E-state index contributed by atoms with van der Waals surface area (Å²) in [7, 11) is 0. The van der Waals surface area contributed by atoms with Crippen molar-refractivity contribution in [3.63, 3.8) is 0 Å². The number of nitrogens with zero attached hydrogens (tertiary/aromatic N) is 1. The number of ether oxygens (including phenoxy) is 1. The third-order valence-electron chi connectivity index (χ3n) is 2.54. The molecule has 0 fully saturated rings. The van der Waals surface area contributed by atoms with Crippen molar-refractivity contribution in [2.45, 2.75) is 19.8 Å². The van der Waals surface area contributed by atoms with Crippen molar-refractivity contribution in [2.24, 2.45) is 0 Å². The van der Waals surface area contributed by atoms with Crippen molar-refractivity contribution in [2.75, 3.05) is 11.9 Å². The number of benzene rings is 1. The second-order valence-electron chi connectivity index (χ2n) is 3.79. The summed E-state index contributed by atoms with van der Waals surface area (Å²) >= 11 is 3.21. The van der Waals surface area contributed by atoms with Crippen LogP contribution < -0.4 is 0 Å². The minimum atomic E-state index is -0.432. The second-order valence-corrected chi connectivity index (χ2v) is 4.58. The zero-order chi connectivity index (χ0) is 14.3. The molecule has 0 aliphatic carbocycles. The third kappa shape index (κ3) is 4.18. The number of Topliss-reactive ketones (excluding diaryl/α,β-unsaturated/α-hetero) is 1. The number of halogens is 1. The average Bonchev–Trinajstić information content (AvgIpc) is 2.39. The van der Waals surface area contributed by atoms with Crippen molar-refractivity contribution in [3.8, 4) is 6.07 Å². The van der Waals surface area contributed by atoms with E-state index in [0.29, 0.717) is 28.4 Å². The Morgan fingerprint density at radius 3 is 2.74 bits per heavy atom. The second kappa shape index (κ2) is 7.70. The van der Waals surface area contributed by atoms with Crippen LogP contribution in [0, 0.1) is 11.3 Å². The van der Waals surface area contributed by atoms with Gasteiger partial charge < -0.3 is 4.74 Å². The maximum atomic E-state index is 12.0. The molecule has 0 unspecified atom stereocenters. The highest BCUT2D eigenvalue weighted by Gasteiger charge is 2.17. The van der Waals surface area contributed by atoms with Crippen LogP contribution in [0.1, 0.15) is 34.8 Å². The van der Waals surface area contributed by atoms with E-state index in [2.05, 4.69) is 15.9 Å². The maximum Gasteiger partial charge on any atom is 0.310 e. The van der Waals surface area contributed by atoms with Crippen molar-refractivity contribution >= 4 is 27.7 Å². The summed E-state index contributed by atoms with van der Waals surface area (Å²) in [4.78, 5) is 23.5. The highest BCUT2D eigenvalue weighted by atomic mass is 79.9. The van der Waals surface area contributed by atoms with Gasteiger partial charge in [-0.05, 0) is 18.6 Å². The van der Waals surface area contributed by atoms with Gasteiger partial charge in [0.2, 0.25) is 0 Å². The molecule has 100 valence electrons. The lowest BCUT2D eigenvalue weighted by molar-refractivity contribution is -0.142. The predicted molar refractivity (Wildman–Crippen MR) is 74.2 cm³/mol. The lowest BCUT2D eigenvalue weighted by Crippen LogP contribution is -2.13. The maximum absolute atomic E-state index is 12.0. The molecule has 1 aromatic rings. The standard InChI is InChI=1S/C14H14BrNO3/c1-2-19-14(18)8-12-10(9-16)4-3-5-11(12)13(17)6-7-15/h3-5H,2,6-8H2,1H3. The highest BCUT2D eigenvalue weighted by molar-refractivity contribution is 9.09. The molecule has 0 N–H and O–H groups in total. The van der Waals surface area contributed by atoms with Crippen LogP contribution in [0.3, 0.4) is 0 Å². The van der Waals surface area contributed by atoms with Crippen LogP contribution in [0.4, 0.5) is 0 Å². The van der Waals surface area contributed by atoms with Crippen molar-refractivity contribution < 1.29 is 14.3 Å². The van der Waals surface area contributed by atoms with Gasteiger partial charge in [-0.2, -0.15) is 5.26 Å². The Hall–Kier alpha value is -1.67. The van der Waals surface area contributed by atoms with E-state index in [1.54, 1.807) is 25.1 Å². The molecule has 0 spiro atoms. The molecule has 0 bridgehead atoms. The molecule has 4 nitrogen and oxygen atoms in total. The zero-order valence-electron chi connectivity index (χ0n) is 10.6. The van der Waals surface area contributed by atoms with Crippen molar-refractivity contribution in [3.05, 3.63) is 34.9 Å². The smallest absolute Gasteiger partial charge is 0.310 e. The van der Waals surface area contributed by atoms with Crippen LogP contribution in [0.5, 0.6) is 0 Å². The zero-order valence-corrected chi connectivity index (χ0v) is 12.2. The highest BCUT2D eigenvalue weighted by Crippen LogP contribution is 2.18. The summed E-state index contributed by atoms with van der Waals surface area (Å²) in [5, 5.41) is 9.62. The van der Waals surface area contributed by atoms with Crippen LogP contribution in [0.25, 0.3) is 0 Å². The molecule has 0 aliphatic heterocycles. The molecule has 0 saturated heterocycles.